The first-order valence-electron chi connectivity index (χ1n) is 7.87. The monoisotopic (exact) mass is 337 g/mol. The molecule has 124 valence electrons. The van der Waals surface area contributed by atoms with E-state index in [4.69, 9.17) is 4.74 Å². The summed E-state index contributed by atoms with van der Waals surface area (Å²) in [6.07, 6.45) is 0.788. The van der Waals surface area contributed by atoms with Crippen LogP contribution in [0.15, 0.2) is 24.3 Å². The molecule has 0 spiro atoms. The van der Waals surface area contributed by atoms with Gasteiger partial charge in [-0.25, -0.2) is 8.42 Å². The third-order valence-electron chi connectivity index (χ3n) is 5.39. The van der Waals surface area contributed by atoms with Gasteiger partial charge in [-0.15, -0.1) is 0 Å². The number of ether oxygens (including phenoxy) is 1. The highest BCUT2D eigenvalue weighted by Gasteiger charge is 2.51. The number of rotatable bonds is 3. The normalized spacial score (nSPS) is 31.2. The topological polar surface area (TPSA) is 83.9 Å². The van der Waals surface area contributed by atoms with Crippen LogP contribution in [-0.4, -0.2) is 54.8 Å². The summed E-state index contributed by atoms with van der Waals surface area (Å²) in [6.45, 7) is 0.730. The van der Waals surface area contributed by atoms with Crippen molar-refractivity contribution in [1.82, 2.24) is 4.31 Å². The van der Waals surface area contributed by atoms with Crippen LogP contribution in [0.5, 0.6) is 0 Å². The zero-order valence-corrected chi connectivity index (χ0v) is 13.4. The Balaban J connectivity index is 1.52. The van der Waals surface area contributed by atoms with Gasteiger partial charge in [0.25, 0.3) is 0 Å². The van der Waals surface area contributed by atoms with Crippen LogP contribution in [0.3, 0.4) is 0 Å². The number of nitrogens with zero attached hydrogens (tertiary/aromatic N) is 1. The van der Waals surface area contributed by atoms with Gasteiger partial charge in [0.1, 0.15) is 0 Å². The van der Waals surface area contributed by atoms with E-state index in [2.05, 4.69) is 0 Å². The number of benzene rings is 1. The van der Waals surface area contributed by atoms with E-state index in [1.165, 1.54) is 4.31 Å². The van der Waals surface area contributed by atoms with E-state index < -0.39 is 27.2 Å². The summed E-state index contributed by atoms with van der Waals surface area (Å²) in [6, 6.07) is 7.82. The second-order valence-corrected chi connectivity index (χ2v) is 8.85. The van der Waals surface area contributed by atoms with Gasteiger partial charge in [-0.2, -0.15) is 4.31 Å². The number of aliphatic carboxylic acids is 1. The highest BCUT2D eigenvalue weighted by molar-refractivity contribution is 7.89. The van der Waals surface area contributed by atoms with Gasteiger partial charge in [0.15, 0.2) is 0 Å². The molecule has 1 aromatic rings. The molecule has 3 aliphatic rings. The number of fused-ring (bicyclic) bond motifs is 2. The van der Waals surface area contributed by atoms with Crippen LogP contribution in [0.4, 0.5) is 0 Å². The van der Waals surface area contributed by atoms with Crippen molar-refractivity contribution in [3.63, 3.8) is 0 Å². The fourth-order valence-corrected chi connectivity index (χ4v) is 6.02. The Morgan fingerprint density at radius 2 is 1.83 bits per heavy atom. The van der Waals surface area contributed by atoms with Crippen molar-refractivity contribution in [3.8, 4) is 0 Å². The molecule has 0 saturated carbocycles. The number of hydrogen-bond donors (Lipinski definition) is 1. The second-order valence-electron chi connectivity index (χ2n) is 6.64. The van der Waals surface area contributed by atoms with E-state index in [9.17, 15) is 18.3 Å². The molecular weight excluding hydrogens is 318 g/mol. The number of carboxylic acid groups (broad SMARTS) is 1. The quantitative estimate of drug-likeness (QED) is 0.869. The van der Waals surface area contributed by atoms with Crippen LogP contribution < -0.4 is 0 Å². The highest BCUT2D eigenvalue weighted by Crippen LogP contribution is 2.37. The van der Waals surface area contributed by atoms with Crippen molar-refractivity contribution in [2.24, 2.45) is 11.8 Å². The van der Waals surface area contributed by atoms with Gasteiger partial charge in [-0.05, 0) is 24.0 Å². The van der Waals surface area contributed by atoms with Crippen LogP contribution in [0.25, 0.3) is 0 Å². The van der Waals surface area contributed by atoms with E-state index in [0.29, 0.717) is 12.8 Å². The summed E-state index contributed by atoms with van der Waals surface area (Å²) in [4.78, 5) is 11.3. The molecule has 23 heavy (non-hydrogen) atoms. The Kier molecular flexibility index (Phi) is 3.48. The Labute approximate surface area is 135 Å². The van der Waals surface area contributed by atoms with Gasteiger partial charge in [0.05, 0.1) is 23.9 Å². The third-order valence-corrected chi connectivity index (χ3v) is 7.59. The maximum atomic E-state index is 12.9. The lowest BCUT2D eigenvalue weighted by Gasteiger charge is -2.22. The predicted octanol–water partition coefficient (Wildman–Crippen LogP) is 0.515. The number of sulfonamides is 1. The molecule has 0 radical (unpaired) electrons. The maximum absolute atomic E-state index is 12.9. The van der Waals surface area contributed by atoms with E-state index in [1.54, 1.807) is 0 Å². The van der Waals surface area contributed by atoms with Crippen molar-refractivity contribution in [3.05, 3.63) is 35.4 Å². The number of carboxylic acids is 1. The van der Waals surface area contributed by atoms with E-state index in [-0.39, 0.29) is 31.7 Å². The molecule has 1 N–H and O–H groups in total. The second kappa shape index (κ2) is 5.29. The fraction of sp³-hybridized carbons (Fsp3) is 0.562. The van der Waals surface area contributed by atoms with Crippen molar-refractivity contribution >= 4 is 16.0 Å². The Morgan fingerprint density at radius 3 is 2.43 bits per heavy atom. The molecule has 0 aromatic heterocycles. The van der Waals surface area contributed by atoms with Gasteiger partial charge < -0.3 is 9.84 Å². The zero-order valence-electron chi connectivity index (χ0n) is 12.6. The van der Waals surface area contributed by atoms with Crippen LogP contribution >= 0.6 is 0 Å². The lowest BCUT2D eigenvalue weighted by molar-refractivity contribution is -0.142. The average Bonchev–Trinajstić information content (AvgIpc) is 3.19. The number of carbonyl (C=O) groups is 1. The summed E-state index contributed by atoms with van der Waals surface area (Å²) in [5, 5.41) is 8.79. The molecular formula is C16H19NO5S. The summed E-state index contributed by atoms with van der Waals surface area (Å²) >= 11 is 0. The molecule has 1 aromatic carbocycles. The van der Waals surface area contributed by atoms with Gasteiger partial charge in [-0.1, -0.05) is 24.3 Å². The smallest absolute Gasteiger partial charge is 0.309 e. The highest BCUT2D eigenvalue weighted by atomic mass is 32.2. The van der Waals surface area contributed by atoms with Gasteiger partial charge >= 0.3 is 5.97 Å². The maximum Gasteiger partial charge on any atom is 0.309 e. The molecule has 2 aliphatic heterocycles. The summed E-state index contributed by atoms with van der Waals surface area (Å²) in [7, 11) is -3.44. The fourth-order valence-electron chi connectivity index (χ4n) is 4.08. The van der Waals surface area contributed by atoms with E-state index in [0.717, 1.165) is 11.1 Å². The van der Waals surface area contributed by atoms with Crippen molar-refractivity contribution in [1.29, 1.82) is 0 Å². The zero-order chi connectivity index (χ0) is 16.2. The minimum atomic E-state index is -3.44. The molecule has 2 heterocycles. The third kappa shape index (κ3) is 2.38. The Hall–Kier alpha value is -1.44. The summed E-state index contributed by atoms with van der Waals surface area (Å²) in [5.41, 5.74) is 2.19. The first-order chi connectivity index (χ1) is 11.0. The molecule has 2 fully saturated rings. The van der Waals surface area contributed by atoms with Crippen LogP contribution in [0.1, 0.15) is 11.1 Å². The van der Waals surface area contributed by atoms with E-state index >= 15 is 0 Å². The molecule has 7 heteroatoms. The molecule has 1 aliphatic carbocycles. The molecule has 2 saturated heterocycles. The first kappa shape index (κ1) is 15.1. The minimum absolute atomic E-state index is 0.188. The molecule has 4 rings (SSSR count). The molecule has 0 bridgehead atoms. The molecule has 3 atom stereocenters. The van der Waals surface area contributed by atoms with Crippen molar-refractivity contribution in [2.45, 2.75) is 24.2 Å². The number of hydrogen-bond acceptors (Lipinski definition) is 4. The minimum Gasteiger partial charge on any atom is -0.481 e. The molecule has 0 amide bonds. The van der Waals surface area contributed by atoms with Gasteiger partial charge in [0.2, 0.25) is 10.0 Å². The SMILES string of the molecule is O=C(O)[C@@H]1CO[C@@H]2CN(S(=O)(=O)C3Cc4ccccc4C3)C[C@@H]21. The summed E-state index contributed by atoms with van der Waals surface area (Å²) in [5.74, 6) is -1.72. The Bertz CT molecular complexity index is 722. The Morgan fingerprint density at radius 1 is 1.17 bits per heavy atom. The standard InChI is InChI=1S/C16H19NO5S/c18-16(19)14-9-22-15-8-17(7-13(14)15)23(20,21)12-5-10-3-1-2-4-11(10)6-12/h1-4,12-15H,5-9H2,(H,18,19)/t13-,14-,15-/m1/s1. The largest absolute Gasteiger partial charge is 0.481 e. The molecule has 6 nitrogen and oxygen atoms in total. The lowest BCUT2D eigenvalue weighted by Crippen LogP contribution is -2.39. The first-order valence-corrected chi connectivity index (χ1v) is 9.37. The van der Waals surface area contributed by atoms with Crippen molar-refractivity contribution < 1.29 is 23.1 Å². The van der Waals surface area contributed by atoms with E-state index in [1.807, 2.05) is 24.3 Å². The van der Waals surface area contributed by atoms with Crippen LogP contribution in [0, 0.1) is 11.8 Å². The van der Waals surface area contributed by atoms with Crippen LogP contribution in [-0.2, 0) is 32.4 Å². The average molecular weight is 337 g/mol. The van der Waals surface area contributed by atoms with Gasteiger partial charge in [-0.3, -0.25) is 4.79 Å². The van der Waals surface area contributed by atoms with Crippen LogP contribution in [0.2, 0.25) is 0 Å². The predicted molar refractivity (Wildman–Crippen MR) is 82.5 cm³/mol. The summed E-state index contributed by atoms with van der Waals surface area (Å²) < 4.78 is 32.8. The van der Waals surface area contributed by atoms with Gasteiger partial charge in [0, 0.05) is 19.0 Å². The van der Waals surface area contributed by atoms with Crippen molar-refractivity contribution in [2.75, 3.05) is 19.7 Å². The molecule has 0 unspecified atom stereocenters. The lowest BCUT2D eigenvalue weighted by atomic mass is 9.94.